The van der Waals surface area contributed by atoms with Crippen molar-refractivity contribution in [2.75, 3.05) is 0 Å². The Hall–Kier alpha value is 0.0200. The SMILES string of the molecule is CCCCC(CC)Cc1ccc(-c2c(Br)sc3c(-c4ccc(CC(CC)CCCC)s4)c(Br)sc23)s1. The topological polar surface area (TPSA) is 0 Å². The fraction of sp³-hybridized carbons (Fsp3) is 0.533. The largest absolute Gasteiger partial charge is 0.140 e. The van der Waals surface area contributed by atoms with Crippen molar-refractivity contribution < 1.29 is 0 Å². The first-order valence-corrected chi connectivity index (χ1v) is 18.4. The molecule has 0 N–H and O–H groups in total. The van der Waals surface area contributed by atoms with Crippen molar-refractivity contribution in [1.82, 2.24) is 0 Å². The third-order valence-corrected chi connectivity index (χ3v) is 13.5. The minimum absolute atomic E-state index is 0.812. The molecule has 0 bridgehead atoms. The predicted molar refractivity (Wildman–Crippen MR) is 176 cm³/mol. The molecule has 4 heterocycles. The van der Waals surface area contributed by atoms with Crippen molar-refractivity contribution in [2.24, 2.45) is 11.8 Å². The normalized spacial score (nSPS) is 13.6. The second-order valence-corrected chi connectivity index (χ2v) is 16.9. The van der Waals surface area contributed by atoms with Gasteiger partial charge in [-0.15, -0.1) is 45.3 Å². The van der Waals surface area contributed by atoms with Crippen molar-refractivity contribution in [1.29, 1.82) is 0 Å². The van der Waals surface area contributed by atoms with Gasteiger partial charge in [-0.2, -0.15) is 0 Å². The van der Waals surface area contributed by atoms with Gasteiger partial charge in [-0.3, -0.25) is 0 Å². The molecule has 0 aromatic carbocycles. The van der Waals surface area contributed by atoms with E-state index in [1.165, 1.54) is 112 Å². The molecule has 4 aromatic rings. The Balaban J connectivity index is 1.59. The van der Waals surface area contributed by atoms with Gasteiger partial charge in [-0.1, -0.05) is 79.1 Å². The Morgan fingerprint density at radius 2 is 1.03 bits per heavy atom. The minimum atomic E-state index is 0.812. The van der Waals surface area contributed by atoms with E-state index in [-0.39, 0.29) is 0 Å². The number of halogens is 2. The highest BCUT2D eigenvalue weighted by Crippen LogP contribution is 2.54. The van der Waals surface area contributed by atoms with E-state index in [1.54, 1.807) is 0 Å². The number of fused-ring (bicyclic) bond motifs is 1. The summed E-state index contributed by atoms with van der Waals surface area (Å²) in [7, 11) is 0. The highest BCUT2D eigenvalue weighted by atomic mass is 79.9. The van der Waals surface area contributed by atoms with Gasteiger partial charge in [-0.25, -0.2) is 0 Å². The lowest BCUT2D eigenvalue weighted by Crippen LogP contribution is -2.01. The molecule has 2 unspecified atom stereocenters. The molecule has 0 aliphatic heterocycles. The lowest BCUT2D eigenvalue weighted by Gasteiger charge is -2.12. The third kappa shape index (κ3) is 6.77. The summed E-state index contributed by atoms with van der Waals surface area (Å²) in [4.78, 5) is 5.88. The van der Waals surface area contributed by atoms with Gasteiger partial charge in [-0.05, 0) is 80.8 Å². The summed E-state index contributed by atoms with van der Waals surface area (Å²) in [5.41, 5.74) is 2.79. The van der Waals surface area contributed by atoms with Crippen molar-refractivity contribution in [3.05, 3.63) is 41.6 Å². The van der Waals surface area contributed by atoms with Crippen LogP contribution >= 0.6 is 77.2 Å². The van der Waals surface area contributed by atoms with Crippen molar-refractivity contribution >= 4 is 86.6 Å². The highest BCUT2D eigenvalue weighted by Gasteiger charge is 2.23. The average molecular weight is 687 g/mol. The van der Waals surface area contributed by atoms with E-state index in [1.807, 2.05) is 45.3 Å². The zero-order valence-electron chi connectivity index (χ0n) is 21.9. The van der Waals surface area contributed by atoms with Crippen LogP contribution in [0.3, 0.4) is 0 Å². The average Bonchev–Trinajstić information content (AvgIpc) is 3.64. The van der Waals surface area contributed by atoms with E-state index in [2.05, 4.69) is 83.8 Å². The molecule has 36 heavy (non-hydrogen) atoms. The van der Waals surface area contributed by atoms with Crippen LogP contribution in [0.1, 0.15) is 88.8 Å². The summed E-state index contributed by atoms with van der Waals surface area (Å²) in [5.74, 6) is 1.62. The molecule has 0 amide bonds. The zero-order valence-corrected chi connectivity index (χ0v) is 28.4. The number of rotatable bonds is 14. The lowest BCUT2D eigenvalue weighted by molar-refractivity contribution is 0.452. The molecular weight excluding hydrogens is 648 g/mol. The molecule has 0 saturated carbocycles. The Kier molecular flexibility index (Phi) is 11.2. The maximum atomic E-state index is 3.96. The number of thiophene rings is 4. The molecule has 0 spiro atoms. The first-order chi connectivity index (χ1) is 17.5. The minimum Gasteiger partial charge on any atom is -0.140 e. The van der Waals surface area contributed by atoms with E-state index in [0.29, 0.717) is 0 Å². The van der Waals surface area contributed by atoms with Crippen LogP contribution in [-0.4, -0.2) is 0 Å². The number of unbranched alkanes of at least 4 members (excludes halogenated alkanes) is 2. The third-order valence-electron chi connectivity index (χ3n) is 7.32. The first-order valence-electron chi connectivity index (χ1n) is 13.6. The predicted octanol–water partition coefficient (Wildman–Crippen LogP) is 13.5. The maximum absolute atomic E-state index is 3.96. The Morgan fingerprint density at radius 1 is 0.611 bits per heavy atom. The summed E-state index contributed by atoms with van der Waals surface area (Å²) >= 11 is 15.7. The summed E-state index contributed by atoms with van der Waals surface area (Å²) in [5, 5.41) is 0. The van der Waals surface area contributed by atoms with Crippen LogP contribution in [0.15, 0.2) is 31.8 Å². The molecule has 4 aromatic heterocycles. The quantitative estimate of drug-likeness (QED) is 0.124. The monoisotopic (exact) mass is 684 g/mol. The molecule has 196 valence electrons. The molecule has 4 rings (SSSR count). The Morgan fingerprint density at radius 3 is 1.39 bits per heavy atom. The van der Waals surface area contributed by atoms with E-state index < -0.39 is 0 Å². The molecule has 0 aliphatic carbocycles. The van der Waals surface area contributed by atoms with Crippen molar-refractivity contribution in [3.8, 4) is 20.9 Å². The fourth-order valence-electron chi connectivity index (χ4n) is 5.00. The van der Waals surface area contributed by atoms with Crippen molar-refractivity contribution in [3.63, 3.8) is 0 Å². The van der Waals surface area contributed by atoms with Crippen LogP contribution in [0.2, 0.25) is 0 Å². The van der Waals surface area contributed by atoms with Gasteiger partial charge < -0.3 is 0 Å². The fourth-order valence-corrected chi connectivity index (χ4v) is 12.3. The van der Waals surface area contributed by atoms with Gasteiger partial charge in [0.05, 0.1) is 17.0 Å². The summed E-state index contributed by atoms with van der Waals surface area (Å²) in [6, 6.07) is 9.47. The molecule has 0 saturated heterocycles. The molecule has 0 nitrogen and oxygen atoms in total. The summed E-state index contributed by atoms with van der Waals surface area (Å²) < 4.78 is 5.38. The smallest absolute Gasteiger partial charge is 0.0806 e. The molecule has 0 fully saturated rings. The van der Waals surface area contributed by atoms with Crippen LogP contribution in [0, 0.1) is 11.8 Å². The molecule has 2 atom stereocenters. The molecule has 6 heteroatoms. The number of hydrogen-bond donors (Lipinski definition) is 0. The van der Waals surface area contributed by atoms with E-state index >= 15 is 0 Å². The van der Waals surface area contributed by atoms with Gasteiger partial charge in [0, 0.05) is 30.6 Å². The van der Waals surface area contributed by atoms with E-state index in [0.717, 1.165) is 11.8 Å². The van der Waals surface area contributed by atoms with Gasteiger partial charge in [0.15, 0.2) is 0 Å². The molecule has 0 radical (unpaired) electrons. The van der Waals surface area contributed by atoms with E-state index in [9.17, 15) is 0 Å². The molecular formula is C30H38Br2S4. The van der Waals surface area contributed by atoms with Crippen molar-refractivity contribution in [2.45, 2.75) is 91.9 Å². The summed E-state index contributed by atoms with van der Waals surface area (Å²) in [6.45, 7) is 9.30. The Bertz CT molecular complexity index is 1150. The van der Waals surface area contributed by atoms with Gasteiger partial charge in [0.2, 0.25) is 0 Å². The maximum Gasteiger partial charge on any atom is 0.0806 e. The van der Waals surface area contributed by atoms with Crippen LogP contribution < -0.4 is 0 Å². The molecule has 0 aliphatic rings. The van der Waals surface area contributed by atoms with E-state index in [4.69, 9.17) is 0 Å². The first kappa shape index (κ1) is 29.0. The van der Waals surface area contributed by atoms with Gasteiger partial charge in [0.25, 0.3) is 0 Å². The summed E-state index contributed by atoms with van der Waals surface area (Å²) in [6.07, 6.45) is 13.0. The van der Waals surface area contributed by atoms with Crippen LogP contribution in [0.25, 0.3) is 30.3 Å². The second kappa shape index (κ2) is 13.9. The van der Waals surface area contributed by atoms with Crippen LogP contribution in [0.5, 0.6) is 0 Å². The number of hydrogen-bond acceptors (Lipinski definition) is 4. The van der Waals surface area contributed by atoms with Crippen LogP contribution in [-0.2, 0) is 12.8 Å². The lowest BCUT2D eigenvalue weighted by atomic mass is 9.95. The highest BCUT2D eigenvalue weighted by molar-refractivity contribution is 9.11. The zero-order chi connectivity index (χ0) is 25.7. The van der Waals surface area contributed by atoms with Crippen LogP contribution in [0.4, 0.5) is 0 Å². The Labute approximate surface area is 250 Å². The second-order valence-electron chi connectivity index (χ2n) is 9.93. The van der Waals surface area contributed by atoms with Gasteiger partial charge >= 0.3 is 0 Å². The van der Waals surface area contributed by atoms with Gasteiger partial charge in [0.1, 0.15) is 0 Å². The standard InChI is InChI=1S/C30H38Br2S4/c1-5-9-11-19(7-3)17-21-13-15-23(33-21)25-27-28(36-29(25)31)26(30(32)35-27)24-16-14-22(34-24)18-20(8-4)12-10-6-2/h13-16,19-20H,5-12,17-18H2,1-4H3.